The van der Waals surface area contributed by atoms with Crippen LogP contribution in [0.15, 0.2) is 0 Å². The second kappa shape index (κ2) is 9.24. The summed E-state index contributed by atoms with van der Waals surface area (Å²) in [7, 11) is 0. The molecule has 0 aromatic rings. The average molecular weight is 362 g/mol. The lowest BCUT2D eigenvalue weighted by atomic mass is 9.90. The van der Waals surface area contributed by atoms with E-state index >= 15 is 0 Å². The molecule has 25 heavy (non-hydrogen) atoms. The van der Waals surface area contributed by atoms with Crippen molar-refractivity contribution < 1.29 is 23.4 Å². The minimum Gasteiger partial charge on any atom is -0.376 e. The van der Waals surface area contributed by atoms with Crippen LogP contribution in [0.25, 0.3) is 0 Å². The molecule has 2 rings (SSSR count). The van der Waals surface area contributed by atoms with Crippen molar-refractivity contribution in [2.45, 2.75) is 83.1 Å². The number of halogens is 2. The smallest absolute Gasteiger partial charge is 0.250 e. The maximum atomic E-state index is 13.3. The Bertz CT molecular complexity index is 421. The summed E-state index contributed by atoms with van der Waals surface area (Å²) in [4.78, 5) is 13.1. The number of carbonyl (C=O) groups is 1. The van der Waals surface area contributed by atoms with Gasteiger partial charge in [-0.3, -0.25) is 9.69 Å². The quantitative estimate of drug-likeness (QED) is 0.731. The van der Waals surface area contributed by atoms with Gasteiger partial charge in [-0.05, 0) is 25.7 Å². The van der Waals surface area contributed by atoms with Crippen LogP contribution in [0.3, 0.4) is 0 Å². The highest BCUT2D eigenvalue weighted by Gasteiger charge is 2.39. The molecule has 1 aliphatic heterocycles. The molecule has 0 spiro atoms. The van der Waals surface area contributed by atoms with E-state index in [4.69, 9.17) is 4.74 Å². The molecule has 1 aliphatic carbocycles. The lowest BCUT2D eigenvalue weighted by molar-refractivity contribution is -0.135. The Morgan fingerprint density at radius 1 is 1.28 bits per heavy atom. The number of nitrogens with zero attached hydrogens (tertiary/aromatic N) is 1. The third-order valence-corrected chi connectivity index (χ3v) is 5.42. The fourth-order valence-electron chi connectivity index (χ4n) is 3.76. The SMILES string of the molecule is CC(=O)NC(C(C)OCC1CCCCC1)C(O)N1CCC(F)(F)CC1. The van der Waals surface area contributed by atoms with Crippen LogP contribution >= 0.6 is 0 Å². The molecule has 0 radical (unpaired) electrons. The first-order chi connectivity index (χ1) is 11.8. The van der Waals surface area contributed by atoms with Crippen LogP contribution in [-0.2, 0) is 9.53 Å². The van der Waals surface area contributed by atoms with Crippen molar-refractivity contribution in [2.75, 3.05) is 19.7 Å². The minimum atomic E-state index is -2.66. The number of likely N-dealkylation sites (tertiary alicyclic amines) is 1. The summed E-state index contributed by atoms with van der Waals surface area (Å²) in [6.07, 6.45) is 4.08. The number of nitrogens with one attached hydrogen (secondary N) is 1. The van der Waals surface area contributed by atoms with Crippen molar-refractivity contribution in [1.29, 1.82) is 0 Å². The number of ether oxygens (including phenoxy) is 1. The van der Waals surface area contributed by atoms with E-state index in [1.165, 1.54) is 26.2 Å². The van der Waals surface area contributed by atoms with E-state index < -0.39 is 18.2 Å². The number of alkyl halides is 2. The van der Waals surface area contributed by atoms with Crippen LogP contribution in [-0.4, -0.2) is 59.9 Å². The van der Waals surface area contributed by atoms with E-state index in [-0.39, 0.29) is 37.9 Å². The van der Waals surface area contributed by atoms with Gasteiger partial charge in [-0.1, -0.05) is 19.3 Å². The zero-order valence-electron chi connectivity index (χ0n) is 15.3. The second-order valence-electron chi connectivity index (χ2n) is 7.57. The van der Waals surface area contributed by atoms with Crippen molar-refractivity contribution >= 4 is 5.91 Å². The molecule has 1 heterocycles. The maximum Gasteiger partial charge on any atom is 0.250 e. The molecule has 146 valence electrons. The monoisotopic (exact) mass is 362 g/mol. The highest BCUT2D eigenvalue weighted by molar-refractivity contribution is 5.73. The molecular weight excluding hydrogens is 330 g/mol. The molecule has 0 bridgehead atoms. The van der Waals surface area contributed by atoms with Crippen LogP contribution in [0, 0.1) is 5.92 Å². The van der Waals surface area contributed by atoms with Crippen molar-refractivity contribution in [1.82, 2.24) is 10.2 Å². The van der Waals surface area contributed by atoms with E-state index in [0.29, 0.717) is 12.5 Å². The summed E-state index contributed by atoms with van der Waals surface area (Å²) in [5.41, 5.74) is 0. The molecule has 3 atom stereocenters. The van der Waals surface area contributed by atoms with Crippen LogP contribution in [0.4, 0.5) is 8.78 Å². The number of carbonyl (C=O) groups excluding carboxylic acids is 1. The Morgan fingerprint density at radius 3 is 2.44 bits per heavy atom. The van der Waals surface area contributed by atoms with Gasteiger partial charge in [0.25, 0.3) is 5.92 Å². The third-order valence-electron chi connectivity index (χ3n) is 5.42. The van der Waals surface area contributed by atoms with Gasteiger partial charge in [-0.2, -0.15) is 0 Å². The predicted molar refractivity (Wildman–Crippen MR) is 91.4 cm³/mol. The topological polar surface area (TPSA) is 61.8 Å². The summed E-state index contributed by atoms with van der Waals surface area (Å²) in [5.74, 6) is -2.40. The zero-order valence-corrected chi connectivity index (χ0v) is 15.3. The van der Waals surface area contributed by atoms with Crippen LogP contribution in [0.2, 0.25) is 0 Å². The van der Waals surface area contributed by atoms with Crippen molar-refractivity contribution in [2.24, 2.45) is 5.92 Å². The Kier molecular flexibility index (Phi) is 7.58. The zero-order chi connectivity index (χ0) is 18.4. The molecule has 2 N–H and O–H groups in total. The molecule has 7 heteroatoms. The largest absolute Gasteiger partial charge is 0.376 e. The van der Waals surface area contributed by atoms with Gasteiger partial charge in [0, 0.05) is 39.5 Å². The molecule has 2 aliphatic rings. The molecular formula is C18H32F2N2O3. The van der Waals surface area contributed by atoms with Crippen LogP contribution in [0.1, 0.15) is 58.8 Å². The molecule has 1 saturated heterocycles. The van der Waals surface area contributed by atoms with Crippen LogP contribution < -0.4 is 5.32 Å². The molecule has 1 saturated carbocycles. The molecule has 2 fully saturated rings. The Morgan fingerprint density at radius 2 is 1.88 bits per heavy atom. The van der Waals surface area contributed by atoms with Gasteiger partial charge in [-0.25, -0.2) is 8.78 Å². The molecule has 3 unspecified atom stereocenters. The number of amides is 1. The van der Waals surface area contributed by atoms with E-state index in [1.807, 2.05) is 6.92 Å². The van der Waals surface area contributed by atoms with E-state index in [2.05, 4.69) is 5.32 Å². The van der Waals surface area contributed by atoms with Crippen LogP contribution in [0.5, 0.6) is 0 Å². The summed E-state index contributed by atoms with van der Waals surface area (Å²) < 4.78 is 32.6. The van der Waals surface area contributed by atoms with Gasteiger partial charge >= 0.3 is 0 Å². The number of piperidine rings is 1. The Labute approximate surface area is 149 Å². The molecule has 5 nitrogen and oxygen atoms in total. The molecule has 0 aromatic heterocycles. The first-order valence-corrected chi connectivity index (χ1v) is 9.47. The lowest BCUT2D eigenvalue weighted by Crippen LogP contribution is -2.59. The van der Waals surface area contributed by atoms with Gasteiger partial charge in [0.1, 0.15) is 6.23 Å². The van der Waals surface area contributed by atoms with Gasteiger partial charge in [0.2, 0.25) is 5.91 Å². The Hall–Kier alpha value is -0.790. The standard InChI is InChI=1S/C18H32F2N2O3/c1-13(25-12-15-6-4-3-5-7-15)16(21-14(2)23)17(24)22-10-8-18(19,20)9-11-22/h13,15-17,24H,3-12H2,1-2H3,(H,21,23). The predicted octanol–water partition coefficient (Wildman–Crippen LogP) is 2.53. The highest BCUT2D eigenvalue weighted by atomic mass is 19.3. The summed E-state index contributed by atoms with van der Waals surface area (Å²) in [6, 6.07) is -0.632. The molecule has 1 amide bonds. The fraction of sp³-hybridized carbons (Fsp3) is 0.944. The van der Waals surface area contributed by atoms with E-state index in [9.17, 15) is 18.7 Å². The maximum absolute atomic E-state index is 13.3. The fourth-order valence-corrected chi connectivity index (χ4v) is 3.76. The minimum absolute atomic E-state index is 0.111. The number of hydrogen-bond donors (Lipinski definition) is 2. The number of aliphatic hydroxyl groups is 1. The van der Waals surface area contributed by atoms with Gasteiger partial charge in [0.05, 0.1) is 12.1 Å². The lowest BCUT2D eigenvalue weighted by Gasteiger charge is -2.40. The first kappa shape index (κ1) is 20.5. The first-order valence-electron chi connectivity index (χ1n) is 9.47. The van der Waals surface area contributed by atoms with Gasteiger partial charge in [-0.15, -0.1) is 0 Å². The summed E-state index contributed by atoms with van der Waals surface area (Å²) in [6.45, 7) is 4.05. The van der Waals surface area contributed by atoms with E-state index in [1.54, 1.807) is 4.90 Å². The third kappa shape index (κ3) is 6.46. The highest BCUT2D eigenvalue weighted by Crippen LogP contribution is 2.29. The second-order valence-corrected chi connectivity index (χ2v) is 7.57. The van der Waals surface area contributed by atoms with Crippen molar-refractivity contribution in [3.63, 3.8) is 0 Å². The van der Waals surface area contributed by atoms with E-state index in [0.717, 1.165) is 12.8 Å². The van der Waals surface area contributed by atoms with Gasteiger partial charge in [0.15, 0.2) is 0 Å². The number of rotatable bonds is 7. The summed E-state index contributed by atoms with van der Waals surface area (Å²) in [5, 5.41) is 13.4. The van der Waals surface area contributed by atoms with Gasteiger partial charge < -0.3 is 15.2 Å². The molecule has 0 aromatic carbocycles. The number of aliphatic hydroxyl groups excluding tert-OH is 1. The summed E-state index contributed by atoms with van der Waals surface area (Å²) >= 11 is 0. The Balaban J connectivity index is 1.90. The normalized spacial score (nSPS) is 26.0. The van der Waals surface area contributed by atoms with Crippen molar-refractivity contribution in [3.05, 3.63) is 0 Å². The average Bonchev–Trinajstić information content (AvgIpc) is 2.58. The van der Waals surface area contributed by atoms with Crippen molar-refractivity contribution in [3.8, 4) is 0 Å². The number of hydrogen-bond acceptors (Lipinski definition) is 4.